The van der Waals surface area contributed by atoms with Crippen LogP contribution in [0, 0.1) is 10.1 Å². The van der Waals surface area contributed by atoms with E-state index in [1.807, 2.05) is 0 Å². The molecule has 1 atom stereocenters. The van der Waals surface area contributed by atoms with Gasteiger partial charge in [0.15, 0.2) is 0 Å². The van der Waals surface area contributed by atoms with Gasteiger partial charge in [0.05, 0.1) is 4.92 Å². The second kappa shape index (κ2) is 5.99. The highest BCUT2D eigenvalue weighted by Crippen LogP contribution is 2.28. The van der Waals surface area contributed by atoms with Crippen LogP contribution >= 0.6 is 11.6 Å². The van der Waals surface area contributed by atoms with E-state index in [4.69, 9.17) is 11.6 Å². The van der Waals surface area contributed by atoms with Gasteiger partial charge in [0.25, 0.3) is 5.69 Å². The van der Waals surface area contributed by atoms with Crippen molar-refractivity contribution in [2.45, 2.75) is 25.3 Å². The first-order valence-corrected chi connectivity index (χ1v) is 6.41. The van der Waals surface area contributed by atoms with Gasteiger partial charge in [0.2, 0.25) is 5.91 Å². The van der Waals surface area contributed by atoms with Crippen LogP contribution in [0.15, 0.2) is 18.2 Å². The zero-order valence-electron chi connectivity index (χ0n) is 10.2. The van der Waals surface area contributed by atoms with Crippen molar-refractivity contribution in [3.63, 3.8) is 0 Å². The molecule has 0 saturated carbocycles. The van der Waals surface area contributed by atoms with Crippen LogP contribution in [-0.4, -0.2) is 23.4 Å². The minimum Gasteiger partial charge on any atom is -0.320 e. The van der Waals surface area contributed by atoms with Gasteiger partial charge in [-0.05, 0) is 31.5 Å². The Kier molecular flexibility index (Phi) is 4.34. The largest absolute Gasteiger partial charge is 0.320 e. The fourth-order valence-electron chi connectivity index (χ4n) is 2.12. The molecule has 19 heavy (non-hydrogen) atoms. The van der Waals surface area contributed by atoms with Crippen molar-refractivity contribution in [2.24, 2.45) is 0 Å². The standard InChI is InChI=1S/C12H14ClN3O3/c13-8-3-4-10(11(6-8)16(18)19)15-12(17)7-9-2-1-5-14-9/h3-4,6,9,14H,1-2,5,7H2,(H,15,17). The fraction of sp³-hybridized carbons (Fsp3) is 0.417. The molecule has 2 rings (SSSR count). The van der Waals surface area contributed by atoms with Gasteiger partial charge >= 0.3 is 0 Å². The minimum absolute atomic E-state index is 0.159. The summed E-state index contributed by atoms with van der Waals surface area (Å²) < 4.78 is 0. The Bertz CT molecular complexity index is 501. The Hall–Kier alpha value is -1.66. The molecule has 1 aliphatic heterocycles. The molecule has 1 aromatic rings. The van der Waals surface area contributed by atoms with Gasteiger partial charge in [0, 0.05) is 23.6 Å². The Labute approximate surface area is 115 Å². The van der Waals surface area contributed by atoms with E-state index < -0.39 is 4.92 Å². The first kappa shape index (κ1) is 13.8. The van der Waals surface area contributed by atoms with Crippen molar-refractivity contribution >= 4 is 28.9 Å². The SMILES string of the molecule is O=C(CC1CCCN1)Nc1ccc(Cl)cc1[N+](=O)[O-]. The smallest absolute Gasteiger partial charge is 0.294 e. The third kappa shape index (κ3) is 3.65. The topological polar surface area (TPSA) is 84.3 Å². The van der Waals surface area contributed by atoms with Crippen LogP contribution in [0.1, 0.15) is 19.3 Å². The van der Waals surface area contributed by atoms with E-state index in [1.54, 1.807) is 0 Å². The summed E-state index contributed by atoms with van der Waals surface area (Å²) in [6.45, 7) is 0.916. The lowest BCUT2D eigenvalue weighted by atomic mass is 10.1. The summed E-state index contributed by atoms with van der Waals surface area (Å²) in [6.07, 6.45) is 2.33. The summed E-state index contributed by atoms with van der Waals surface area (Å²) in [6, 6.07) is 4.34. The van der Waals surface area contributed by atoms with E-state index in [1.165, 1.54) is 18.2 Å². The maximum Gasteiger partial charge on any atom is 0.294 e. The Morgan fingerprint density at radius 1 is 1.58 bits per heavy atom. The predicted molar refractivity (Wildman–Crippen MR) is 72.4 cm³/mol. The summed E-state index contributed by atoms with van der Waals surface area (Å²) in [5.74, 6) is -0.232. The molecule has 0 radical (unpaired) electrons. The molecule has 1 fully saturated rings. The van der Waals surface area contributed by atoms with Crippen molar-refractivity contribution in [3.8, 4) is 0 Å². The number of hydrogen-bond acceptors (Lipinski definition) is 4. The molecule has 0 bridgehead atoms. The average molecular weight is 284 g/mol. The third-order valence-electron chi connectivity index (χ3n) is 3.02. The number of carbonyl (C=O) groups excluding carboxylic acids is 1. The number of nitrogens with one attached hydrogen (secondary N) is 2. The molecule has 0 aromatic heterocycles. The van der Waals surface area contributed by atoms with Crippen LogP contribution in [0.3, 0.4) is 0 Å². The van der Waals surface area contributed by atoms with Gasteiger partial charge in [-0.15, -0.1) is 0 Å². The van der Waals surface area contributed by atoms with Crippen molar-refractivity contribution in [1.29, 1.82) is 0 Å². The monoisotopic (exact) mass is 283 g/mol. The van der Waals surface area contributed by atoms with Gasteiger partial charge in [-0.3, -0.25) is 14.9 Å². The molecule has 6 nitrogen and oxygen atoms in total. The molecule has 1 unspecified atom stereocenters. The fourth-order valence-corrected chi connectivity index (χ4v) is 2.28. The van der Waals surface area contributed by atoms with Gasteiger partial charge in [-0.25, -0.2) is 0 Å². The van der Waals surface area contributed by atoms with E-state index >= 15 is 0 Å². The molecule has 1 aliphatic rings. The lowest BCUT2D eigenvalue weighted by Gasteiger charge is -2.10. The van der Waals surface area contributed by atoms with Crippen molar-refractivity contribution < 1.29 is 9.72 Å². The van der Waals surface area contributed by atoms with Gasteiger partial charge in [0.1, 0.15) is 5.69 Å². The normalized spacial score (nSPS) is 18.3. The lowest BCUT2D eigenvalue weighted by molar-refractivity contribution is -0.383. The number of nitro groups is 1. The first-order chi connectivity index (χ1) is 9.06. The molecule has 1 heterocycles. The second-order valence-electron chi connectivity index (χ2n) is 4.46. The van der Waals surface area contributed by atoms with Crippen molar-refractivity contribution in [2.75, 3.05) is 11.9 Å². The molecule has 1 aromatic carbocycles. The number of carbonyl (C=O) groups is 1. The highest BCUT2D eigenvalue weighted by molar-refractivity contribution is 6.31. The molecule has 7 heteroatoms. The summed E-state index contributed by atoms with van der Waals surface area (Å²) in [7, 11) is 0. The van der Waals surface area contributed by atoms with Crippen molar-refractivity contribution in [3.05, 3.63) is 33.3 Å². The van der Waals surface area contributed by atoms with E-state index in [2.05, 4.69) is 10.6 Å². The highest BCUT2D eigenvalue weighted by atomic mass is 35.5. The molecule has 0 spiro atoms. The number of rotatable bonds is 4. The highest BCUT2D eigenvalue weighted by Gasteiger charge is 2.20. The number of hydrogen-bond donors (Lipinski definition) is 2. The maximum atomic E-state index is 11.8. The Morgan fingerprint density at radius 3 is 3.00 bits per heavy atom. The summed E-state index contributed by atoms with van der Waals surface area (Å²) >= 11 is 5.71. The van der Waals surface area contributed by atoms with Crippen LogP contribution < -0.4 is 10.6 Å². The van der Waals surface area contributed by atoms with E-state index in [0.717, 1.165) is 19.4 Å². The molecule has 2 N–H and O–H groups in total. The molecular formula is C12H14ClN3O3. The summed E-state index contributed by atoms with van der Waals surface area (Å²) in [5, 5.41) is 16.9. The van der Waals surface area contributed by atoms with Crippen LogP contribution in [0.2, 0.25) is 5.02 Å². The number of halogens is 1. The van der Waals surface area contributed by atoms with E-state index in [0.29, 0.717) is 6.42 Å². The van der Waals surface area contributed by atoms with Gasteiger partial charge in [-0.2, -0.15) is 0 Å². The number of benzene rings is 1. The second-order valence-corrected chi connectivity index (χ2v) is 4.90. The zero-order chi connectivity index (χ0) is 13.8. The van der Waals surface area contributed by atoms with Crippen LogP contribution in [0.25, 0.3) is 0 Å². The van der Waals surface area contributed by atoms with E-state index in [9.17, 15) is 14.9 Å². The number of nitrogens with zero attached hydrogens (tertiary/aromatic N) is 1. The van der Waals surface area contributed by atoms with E-state index in [-0.39, 0.29) is 28.3 Å². The number of anilines is 1. The zero-order valence-corrected chi connectivity index (χ0v) is 10.9. The summed E-state index contributed by atoms with van der Waals surface area (Å²) in [4.78, 5) is 22.1. The number of amides is 1. The molecule has 1 amide bonds. The average Bonchev–Trinajstić information content (AvgIpc) is 2.83. The molecule has 0 aliphatic carbocycles. The minimum atomic E-state index is -0.560. The third-order valence-corrected chi connectivity index (χ3v) is 3.26. The summed E-state index contributed by atoms with van der Waals surface area (Å²) in [5.41, 5.74) is -0.0161. The maximum absolute atomic E-state index is 11.8. The Balaban J connectivity index is 2.05. The van der Waals surface area contributed by atoms with Gasteiger partial charge < -0.3 is 10.6 Å². The molecule has 1 saturated heterocycles. The molecule has 102 valence electrons. The quantitative estimate of drug-likeness (QED) is 0.656. The molecular weight excluding hydrogens is 270 g/mol. The number of nitro benzene ring substituents is 1. The first-order valence-electron chi connectivity index (χ1n) is 6.03. The van der Waals surface area contributed by atoms with Crippen LogP contribution in [0.5, 0.6) is 0 Å². The lowest BCUT2D eigenvalue weighted by Crippen LogP contribution is -2.27. The van der Waals surface area contributed by atoms with Gasteiger partial charge in [-0.1, -0.05) is 11.6 Å². The van der Waals surface area contributed by atoms with Crippen molar-refractivity contribution in [1.82, 2.24) is 5.32 Å². The van der Waals surface area contributed by atoms with Crippen LogP contribution in [0.4, 0.5) is 11.4 Å². The van der Waals surface area contributed by atoms with Crippen LogP contribution in [-0.2, 0) is 4.79 Å². The Morgan fingerprint density at radius 2 is 2.37 bits per heavy atom. The predicted octanol–water partition coefficient (Wildman–Crippen LogP) is 2.33.